The Hall–Kier alpha value is -4.10. The molecule has 2 aromatic carbocycles. The summed E-state index contributed by atoms with van der Waals surface area (Å²) in [7, 11) is 2.10. The highest BCUT2D eigenvalue weighted by Crippen LogP contribution is 2.31. The van der Waals surface area contributed by atoms with Gasteiger partial charge in [0.2, 0.25) is 0 Å². The largest absolute Gasteiger partial charge is 0.573 e. The number of hydrogen-bond acceptors (Lipinski definition) is 7. The topological polar surface area (TPSA) is 103 Å². The van der Waals surface area contributed by atoms with E-state index in [1.54, 1.807) is 18.2 Å². The average molecular weight is 559 g/mol. The maximum atomic E-state index is 12.9. The molecule has 0 radical (unpaired) electrons. The molecule has 3 N–H and O–H groups in total. The van der Waals surface area contributed by atoms with Crippen LogP contribution in [-0.4, -0.2) is 66.5 Å². The zero-order chi connectivity index (χ0) is 27.6. The van der Waals surface area contributed by atoms with Crippen LogP contribution in [0, 0.1) is 0 Å². The Labute approximate surface area is 225 Å². The molecule has 0 aliphatic carbocycles. The van der Waals surface area contributed by atoms with Crippen LogP contribution in [0.25, 0.3) is 10.2 Å². The van der Waals surface area contributed by atoms with Gasteiger partial charge in [0.1, 0.15) is 5.75 Å². The maximum Gasteiger partial charge on any atom is 0.573 e. The summed E-state index contributed by atoms with van der Waals surface area (Å²) in [5, 5.41) is 12.5. The van der Waals surface area contributed by atoms with E-state index in [-0.39, 0.29) is 24.1 Å². The summed E-state index contributed by atoms with van der Waals surface area (Å²) >= 11 is 1.17. The number of hydrogen-bond donors (Lipinski definition) is 3. The van der Waals surface area contributed by atoms with Crippen molar-refractivity contribution in [2.75, 3.05) is 43.4 Å². The second-order valence-electron chi connectivity index (χ2n) is 9.09. The van der Waals surface area contributed by atoms with Gasteiger partial charge in [0.15, 0.2) is 5.82 Å². The number of halogens is 3. The van der Waals surface area contributed by atoms with E-state index < -0.39 is 6.36 Å². The molecular formula is C26H25F3N6O3S. The molecule has 5 rings (SSSR count). The monoisotopic (exact) mass is 558 g/mol. The normalized spacial score (nSPS) is 14.4. The van der Waals surface area contributed by atoms with Gasteiger partial charge in [-0.2, -0.15) is 5.10 Å². The lowest BCUT2D eigenvalue weighted by atomic mass is 10.1. The molecule has 2 amide bonds. The molecule has 4 aromatic rings. The first kappa shape index (κ1) is 26.5. The van der Waals surface area contributed by atoms with Crippen LogP contribution in [0.15, 0.2) is 54.6 Å². The highest BCUT2D eigenvalue weighted by Gasteiger charge is 2.31. The first-order valence-electron chi connectivity index (χ1n) is 12.1. The number of anilines is 2. The zero-order valence-electron chi connectivity index (χ0n) is 20.8. The van der Waals surface area contributed by atoms with Gasteiger partial charge in [0.05, 0.1) is 15.1 Å². The Morgan fingerprint density at radius 1 is 1.03 bits per heavy atom. The Morgan fingerprint density at radius 3 is 2.38 bits per heavy atom. The van der Waals surface area contributed by atoms with Crippen LogP contribution in [0.5, 0.6) is 5.75 Å². The van der Waals surface area contributed by atoms with Crippen molar-refractivity contribution in [3.05, 3.63) is 70.6 Å². The van der Waals surface area contributed by atoms with Crippen molar-refractivity contribution in [3.63, 3.8) is 0 Å². The molecule has 1 fully saturated rings. The van der Waals surface area contributed by atoms with Crippen LogP contribution in [-0.2, 0) is 6.54 Å². The molecule has 39 heavy (non-hydrogen) atoms. The molecular weight excluding hydrogens is 533 g/mol. The first-order chi connectivity index (χ1) is 18.6. The fraction of sp³-hybridized carbons (Fsp3) is 0.269. The van der Waals surface area contributed by atoms with Crippen LogP contribution in [0.1, 0.15) is 25.6 Å². The third kappa shape index (κ3) is 6.49. The molecule has 1 aliphatic rings. The van der Waals surface area contributed by atoms with Crippen molar-refractivity contribution in [2.24, 2.45) is 0 Å². The fourth-order valence-corrected chi connectivity index (χ4v) is 5.13. The molecule has 2 aromatic heterocycles. The highest BCUT2D eigenvalue weighted by molar-refractivity contribution is 7.21. The summed E-state index contributed by atoms with van der Waals surface area (Å²) in [5.41, 5.74) is 2.76. The van der Waals surface area contributed by atoms with E-state index >= 15 is 0 Å². The third-order valence-electron chi connectivity index (χ3n) is 6.30. The van der Waals surface area contributed by atoms with Crippen LogP contribution in [0.2, 0.25) is 0 Å². The summed E-state index contributed by atoms with van der Waals surface area (Å²) in [5.74, 6) is -0.691. The number of fused-ring (bicyclic) bond motifs is 1. The summed E-state index contributed by atoms with van der Waals surface area (Å²) in [6.45, 7) is 3.97. The van der Waals surface area contributed by atoms with Crippen LogP contribution in [0.3, 0.4) is 0 Å². The summed E-state index contributed by atoms with van der Waals surface area (Å²) < 4.78 is 41.4. The predicted molar refractivity (Wildman–Crippen MR) is 142 cm³/mol. The quantitative estimate of drug-likeness (QED) is 0.310. The van der Waals surface area contributed by atoms with Crippen molar-refractivity contribution in [1.29, 1.82) is 0 Å². The molecule has 3 heterocycles. The van der Waals surface area contributed by atoms with E-state index in [1.807, 2.05) is 12.1 Å². The van der Waals surface area contributed by atoms with Gasteiger partial charge >= 0.3 is 6.36 Å². The van der Waals surface area contributed by atoms with Gasteiger partial charge in [-0.05, 0) is 55.1 Å². The van der Waals surface area contributed by atoms with Crippen molar-refractivity contribution >= 4 is 44.9 Å². The lowest BCUT2D eigenvalue weighted by Crippen LogP contribution is -2.44. The molecule has 204 valence electrons. The van der Waals surface area contributed by atoms with Gasteiger partial charge in [-0.3, -0.25) is 14.7 Å². The number of aromatic amines is 1. The number of nitrogens with one attached hydrogen (secondary N) is 3. The Kier molecular flexibility index (Phi) is 7.44. The first-order valence-corrected chi connectivity index (χ1v) is 12.9. The predicted octanol–water partition coefficient (Wildman–Crippen LogP) is 4.46. The number of H-pyrrole nitrogens is 1. The molecule has 1 saturated heterocycles. The van der Waals surface area contributed by atoms with Crippen LogP contribution >= 0.6 is 11.3 Å². The standard InChI is InChI=1S/C26H25F3N6O3S/c1-34-10-12-35(13-11-34)18-6-4-17(5-7-18)24(36)31-23-22-20(32-33-23)14-21(39-22)25(37)30-15-16-2-8-19(9-3-16)38-26(27,28)29/h2-9,14H,10-13,15H2,1H3,(H,30,37)(H2,31,32,33,36). The van der Waals surface area contributed by atoms with Crippen molar-refractivity contribution in [3.8, 4) is 5.75 Å². The van der Waals surface area contributed by atoms with E-state index in [0.29, 0.717) is 32.0 Å². The number of aromatic nitrogens is 2. The number of piperazine rings is 1. The third-order valence-corrected chi connectivity index (χ3v) is 7.44. The molecule has 0 atom stereocenters. The highest BCUT2D eigenvalue weighted by atomic mass is 32.1. The smallest absolute Gasteiger partial charge is 0.406 e. The number of carbonyl (C=O) groups is 2. The van der Waals surface area contributed by atoms with Crippen LogP contribution < -0.4 is 20.3 Å². The minimum absolute atomic E-state index is 0.114. The lowest BCUT2D eigenvalue weighted by Gasteiger charge is -2.34. The number of ether oxygens (including phenoxy) is 1. The second-order valence-corrected chi connectivity index (χ2v) is 10.1. The fourth-order valence-electron chi connectivity index (χ4n) is 4.16. The van der Waals surface area contributed by atoms with E-state index in [1.165, 1.54) is 35.6 Å². The van der Waals surface area contributed by atoms with E-state index in [2.05, 4.69) is 42.4 Å². The summed E-state index contributed by atoms with van der Waals surface area (Å²) in [6.07, 6.45) is -4.76. The number of alkyl halides is 3. The van der Waals surface area contributed by atoms with Crippen LogP contribution in [0.4, 0.5) is 24.7 Å². The average Bonchev–Trinajstić information content (AvgIpc) is 3.50. The molecule has 9 nitrogen and oxygen atoms in total. The van der Waals surface area contributed by atoms with Gasteiger partial charge in [-0.15, -0.1) is 24.5 Å². The number of rotatable bonds is 7. The number of benzene rings is 2. The summed E-state index contributed by atoms with van der Waals surface area (Å²) in [4.78, 5) is 30.5. The lowest BCUT2D eigenvalue weighted by molar-refractivity contribution is -0.274. The molecule has 0 saturated carbocycles. The number of amides is 2. The molecule has 0 unspecified atom stereocenters. The maximum absolute atomic E-state index is 12.9. The Morgan fingerprint density at radius 2 is 1.72 bits per heavy atom. The Balaban J connectivity index is 1.19. The number of likely N-dealkylation sites (N-methyl/N-ethyl adjacent to an activating group) is 1. The van der Waals surface area contributed by atoms with Gasteiger partial charge in [-0.1, -0.05) is 12.1 Å². The molecule has 1 aliphatic heterocycles. The SMILES string of the molecule is CN1CCN(c2ccc(C(=O)Nc3n[nH]c4cc(C(=O)NCc5ccc(OC(F)(F)F)cc5)sc34)cc2)CC1. The van der Waals surface area contributed by atoms with Gasteiger partial charge < -0.3 is 25.2 Å². The van der Waals surface area contributed by atoms with Crippen molar-refractivity contribution in [2.45, 2.75) is 12.9 Å². The van der Waals surface area contributed by atoms with E-state index in [4.69, 9.17) is 0 Å². The minimum Gasteiger partial charge on any atom is -0.406 e. The van der Waals surface area contributed by atoms with Gasteiger partial charge in [0, 0.05) is 44.0 Å². The molecule has 0 bridgehead atoms. The van der Waals surface area contributed by atoms with Gasteiger partial charge in [0.25, 0.3) is 11.8 Å². The number of carbonyl (C=O) groups excluding carboxylic acids is 2. The Bertz CT molecular complexity index is 1460. The summed E-state index contributed by atoms with van der Waals surface area (Å²) in [6, 6.07) is 14.3. The van der Waals surface area contributed by atoms with Gasteiger partial charge in [-0.25, -0.2) is 0 Å². The minimum atomic E-state index is -4.76. The van der Waals surface area contributed by atoms with E-state index in [9.17, 15) is 22.8 Å². The number of nitrogens with zero attached hydrogens (tertiary/aromatic N) is 3. The van der Waals surface area contributed by atoms with Crippen molar-refractivity contribution in [1.82, 2.24) is 20.4 Å². The second kappa shape index (κ2) is 10.9. The van der Waals surface area contributed by atoms with E-state index in [0.717, 1.165) is 31.9 Å². The van der Waals surface area contributed by atoms with Crippen molar-refractivity contribution < 1.29 is 27.5 Å². The number of thiophene rings is 1. The molecule has 0 spiro atoms. The molecule has 13 heteroatoms. The zero-order valence-corrected chi connectivity index (χ0v) is 21.7.